The number of hydrogen-bond acceptors (Lipinski definition) is 2. The molecule has 1 nitrogen and oxygen atoms in total. The predicted molar refractivity (Wildman–Crippen MR) is 175 cm³/mol. The summed E-state index contributed by atoms with van der Waals surface area (Å²) in [5, 5.41) is 5.55. The van der Waals surface area contributed by atoms with Gasteiger partial charge in [0.15, 0.2) is 0 Å². The van der Waals surface area contributed by atoms with Crippen molar-refractivity contribution in [1.29, 1.82) is 0 Å². The molecule has 0 spiro atoms. The first-order valence-electron chi connectivity index (χ1n) is 14.8. The van der Waals surface area contributed by atoms with Crippen LogP contribution in [-0.2, 0) is 0 Å². The maximum Gasteiger partial charge on any atom is 0.144 e. The highest BCUT2D eigenvalue weighted by Gasteiger charge is 2.31. The molecule has 0 N–H and O–H groups in total. The molecule has 6 aromatic carbocycles. The van der Waals surface area contributed by atoms with Crippen LogP contribution in [0.15, 0.2) is 114 Å². The number of hydrogen-bond donors (Lipinski definition) is 0. The lowest BCUT2D eigenvalue weighted by molar-refractivity contribution is 0.580. The zero-order valence-electron chi connectivity index (χ0n) is 23.7. The minimum Gasteiger partial charge on any atom is -0.455 e. The van der Waals surface area contributed by atoms with Crippen molar-refractivity contribution in [1.82, 2.24) is 0 Å². The summed E-state index contributed by atoms with van der Waals surface area (Å²) in [4.78, 5) is 0.967. The standard InChI is InChI=1S/C40H18F4OS/c41-23-9-21(10-24(42)17-23)35-29-13-19-16-32-30(14-20(19)15-31(29)37-27-5-1-3-7-33(27)45-39(35)37)36(22-11-25(43)18-26(44)12-22)40-38(32)28-6-2-4-8-34(28)46-40/h1-18H. The summed E-state index contributed by atoms with van der Waals surface area (Å²) in [6.45, 7) is 0. The SMILES string of the molecule is Fc1cc(F)cc(C2=c3cc4cc5c(cc4cc3-c3c2oc2ccccc32)=C(c2cc(F)cc(F)c2)c2sc3ccccc3c2-5)c1. The maximum atomic E-state index is 14.6. The second-order valence-corrected chi connectivity index (χ2v) is 12.9. The Bertz CT molecular complexity index is 2570. The smallest absolute Gasteiger partial charge is 0.144 e. The van der Waals surface area contributed by atoms with Crippen molar-refractivity contribution in [3.63, 3.8) is 0 Å². The van der Waals surface area contributed by atoms with E-state index in [9.17, 15) is 17.6 Å². The molecule has 0 unspecified atom stereocenters. The third-order valence-corrected chi connectivity index (χ3v) is 10.3. The van der Waals surface area contributed by atoms with Crippen molar-refractivity contribution < 1.29 is 22.0 Å². The monoisotopic (exact) mass is 622 g/mol. The molecular weight excluding hydrogens is 604 g/mol. The van der Waals surface area contributed by atoms with E-state index in [2.05, 4.69) is 36.4 Å². The topological polar surface area (TPSA) is 13.1 Å². The summed E-state index contributed by atoms with van der Waals surface area (Å²) in [5.41, 5.74) is 6.75. The number of rotatable bonds is 2. The Kier molecular flexibility index (Phi) is 5.08. The van der Waals surface area contributed by atoms with Crippen LogP contribution in [0.1, 0.15) is 21.8 Å². The average molecular weight is 623 g/mol. The third-order valence-electron chi connectivity index (χ3n) is 9.14. The normalized spacial score (nSPS) is 13.1. The molecule has 46 heavy (non-hydrogen) atoms. The van der Waals surface area contributed by atoms with E-state index in [0.717, 1.165) is 81.5 Å². The zero-order valence-corrected chi connectivity index (χ0v) is 24.5. The first-order valence-corrected chi connectivity index (χ1v) is 15.6. The molecule has 0 atom stereocenters. The lowest BCUT2D eigenvalue weighted by Crippen LogP contribution is -2.10. The van der Waals surface area contributed by atoms with E-state index in [0.29, 0.717) is 28.0 Å². The molecule has 2 aliphatic carbocycles. The van der Waals surface area contributed by atoms with E-state index in [1.54, 1.807) is 11.3 Å². The molecular formula is C40H18F4OS. The molecule has 0 fully saturated rings. The second-order valence-electron chi connectivity index (χ2n) is 11.8. The Labute approximate surface area is 262 Å². The van der Waals surface area contributed by atoms with E-state index in [-0.39, 0.29) is 0 Å². The van der Waals surface area contributed by atoms with Crippen molar-refractivity contribution in [3.05, 3.63) is 165 Å². The van der Waals surface area contributed by atoms with Gasteiger partial charge >= 0.3 is 0 Å². The Morgan fingerprint density at radius 2 is 1.04 bits per heavy atom. The number of fused-ring (bicyclic) bond motifs is 11. The Morgan fingerprint density at radius 1 is 0.500 bits per heavy atom. The van der Waals surface area contributed by atoms with Crippen molar-refractivity contribution in [2.24, 2.45) is 0 Å². The highest BCUT2D eigenvalue weighted by Crippen LogP contribution is 2.48. The second kappa shape index (κ2) is 9.05. The predicted octanol–water partition coefficient (Wildman–Crippen LogP) is 9.81. The van der Waals surface area contributed by atoms with E-state index in [1.165, 1.54) is 24.3 Å². The van der Waals surface area contributed by atoms with Crippen LogP contribution in [0.25, 0.3) is 65.2 Å². The average Bonchev–Trinajstić information content (AvgIpc) is 3.74. The van der Waals surface area contributed by atoms with Gasteiger partial charge in [0.05, 0.1) is 0 Å². The summed E-state index contributed by atoms with van der Waals surface area (Å²) in [5.74, 6) is -2.03. The van der Waals surface area contributed by atoms with Crippen LogP contribution in [0.5, 0.6) is 0 Å². The minimum atomic E-state index is -0.666. The fourth-order valence-electron chi connectivity index (χ4n) is 7.37. The first-order chi connectivity index (χ1) is 22.4. The molecule has 8 aromatic rings. The Morgan fingerprint density at radius 3 is 1.72 bits per heavy atom. The van der Waals surface area contributed by atoms with Crippen LogP contribution in [0.2, 0.25) is 0 Å². The molecule has 2 heterocycles. The molecule has 10 rings (SSSR count). The van der Waals surface area contributed by atoms with Crippen molar-refractivity contribution in [2.45, 2.75) is 0 Å². The lowest BCUT2D eigenvalue weighted by atomic mass is 9.96. The van der Waals surface area contributed by atoms with Crippen LogP contribution in [0.4, 0.5) is 17.6 Å². The van der Waals surface area contributed by atoms with Crippen LogP contribution < -0.4 is 10.4 Å². The van der Waals surface area contributed by atoms with Crippen LogP contribution in [0.3, 0.4) is 0 Å². The van der Waals surface area contributed by atoms with Crippen molar-refractivity contribution in [2.75, 3.05) is 0 Å². The van der Waals surface area contributed by atoms with Gasteiger partial charge < -0.3 is 4.42 Å². The quantitative estimate of drug-likeness (QED) is 0.175. The molecule has 0 aliphatic heterocycles. The number of thiophene rings is 1. The van der Waals surface area contributed by atoms with Gasteiger partial charge in [-0.2, -0.15) is 0 Å². The highest BCUT2D eigenvalue weighted by molar-refractivity contribution is 7.21. The van der Waals surface area contributed by atoms with Gasteiger partial charge in [-0.05, 0) is 104 Å². The lowest BCUT2D eigenvalue weighted by Gasteiger charge is -2.08. The summed E-state index contributed by atoms with van der Waals surface area (Å²) in [7, 11) is 0. The summed E-state index contributed by atoms with van der Waals surface area (Å²) < 4.78 is 65.8. The van der Waals surface area contributed by atoms with E-state index in [4.69, 9.17) is 4.42 Å². The zero-order chi connectivity index (χ0) is 30.8. The van der Waals surface area contributed by atoms with Gasteiger partial charge in [0, 0.05) is 54.8 Å². The van der Waals surface area contributed by atoms with Crippen LogP contribution in [-0.4, -0.2) is 0 Å². The molecule has 2 aromatic heterocycles. The summed E-state index contributed by atoms with van der Waals surface area (Å²) >= 11 is 1.61. The van der Waals surface area contributed by atoms with E-state index < -0.39 is 23.3 Å². The van der Waals surface area contributed by atoms with Gasteiger partial charge in [-0.1, -0.05) is 36.4 Å². The Hall–Kier alpha value is -5.46. The van der Waals surface area contributed by atoms with Gasteiger partial charge in [-0.15, -0.1) is 11.3 Å². The minimum absolute atomic E-state index is 0.395. The van der Waals surface area contributed by atoms with Gasteiger partial charge in [0.2, 0.25) is 0 Å². The Balaban J connectivity index is 1.35. The summed E-state index contributed by atoms with van der Waals surface area (Å²) in [6.07, 6.45) is 0. The number of furan rings is 1. The first kappa shape index (κ1) is 25.8. The fraction of sp³-hybridized carbons (Fsp3) is 0. The molecule has 0 saturated carbocycles. The maximum absolute atomic E-state index is 14.6. The third kappa shape index (κ3) is 3.50. The highest BCUT2D eigenvalue weighted by atomic mass is 32.1. The molecule has 218 valence electrons. The number of benzene rings is 6. The van der Waals surface area contributed by atoms with E-state index in [1.807, 2.05) is 36.4 Å². The van der Waals surface area contributed by atoms with Gasteiger partial charge in [-0.25, -0.2) is 17.6 Å². The molecule has 2 aliphatic rings. The van der Waals surface area contributed by atoms with E-state index >= 15 is 0 Å². The molecule has 6 heteroatoms. The fourth-order valence-corrected chi connectivity index (χ4v) is 8.67. The van der Waals surface area contributed by atoms with Gasteiger partial charge in [0.25, 0.3) is 0 Å². The van der Waals surface area contributed by atoms with Crippen molar-refractivity contribution in [3.8, 4) is 22.3 Å². The molecule has 0 bridgehead atoms. The van der Waals surface area contributed by atoms with Crippen LogP contribution in [0, 0.1) is 23.3 Å². The van der Waals surface area contributed by atoms with Crippen molar-refractivity contribution >= 4 is 54.3 Å². The molecule has 0 saturated heterocycles. The number of halogens is 4. The molecule has 0 amide bonds. The largest absolute Gasteiger partial charge is 0.455 e. The van der Waals surface area contributed by atoms with Gasteiger partial charge in [0.1, 0.15) is 34.6 Å². The van der Waals surface area contributed by atoms with Gasteiger partial charge in [-0.3, -0.25) is 0 Å². The molecule has 0 radical (unpaired) electrons. The summed E-state index contributed by atoms with van der Waals surface area (Å²) in [6, 6.07) is 31.3. The number of para-hydroxylation sites is 1. The van der Waals surface area contributed by atoms with Crippen LogP contribution >= 0.6 is 11.3 Å².